The molecular formula is C24H30N2O4S. The van der Waals surface area contributed by atoms with E-state index < -0.39 is 10.0 Å². The van der Waals surface area contributed by atoms with Crippen molar-refractivity contribution in [1.29, 1.82) is 0 Å². The molecule has 2 aromatic rings. The van der Waals surface area contributed by atoms with E-state index in [1.54, 1.807) is 31.4 Å². The average molecular weight is 443 g/mol. The van der Waals surface area contributed by atoms with Crippen LogP contribution < -0.4 is 9.04 Å². The summed E-state index contributed by atoms with van der Waals surface area (Å²) >= 11 is 0. The van der Waals surface area contributed by atoms with Gasteiger partial charge in [0.1, 0.15) is 5.75 Å². The Morgan fingerprint density at radius 1 is 1.00 bits per heavy atom. The van der Waals surface area contributed by atoms with Crippen LogP contribution in [0.4, 0.5) is 5.69 Å². The summed E-state index contributed by atoms with van der Waals surface area (Å²) in [5.74, 6) is 1.74. The van der Waals surface area contributed by atoms with Gasteiger partial charge in [-0.3, -0.25) is 9.10 Å². The SMILES string of the molecule is COc1ccc(CCC2CCN(C(=O)c3ccc(N4CCCS4(=O)=O)cc3)CC2)cc1. The number of likely N-dealkylation sites (tertiary alicyclic amines) is 1. The fourth-order valence-electron chi connectivity index (χ4n) is 4.47. The second-order valence-corrected chi connectivity index (χ2v) is 10.4. The quantitative estimate of drug-likeness (QED) is 0.684. The number of hydrogen-bond donors (Lipinski definition) is 0. The zero-order valence-electron chi connectivity index (χ0n) is 18.0. The molecule has 0 bridgehead atoms. The van der Waals surface area contributed by atoms with Crippen molar-refractivity contribution >= 4 is 21.6 Å². The predicted molar refractivity (Wildman–Crippen MR) is 122 cm³/mol. The first-order valence-corrected chi connectivity index (χ1v) is 12.6. The molecular weight excluding hydrogens is 412 g/mol. The van der Waals surface area contributed by atoms with Crippen molar-refractivity contribution in [3.05, 3.63) is 59.7 Å². The van der Waals surface area contributed by atoms with Gasteiger partial charge in [-0.05, 0) is 80.0 Å². The van der Waals surface area contributed by atoms with E-state index in [1.807, 2.05) is 17.0 Å². The fourth-order valence-corrected chi connectivity index (χ4v) is 6.03. The van der Waals surface area contributed by atoms with Crippen LogP contribution in [-0.4, -0.2) is 51.7 Å². The number of amides is 1. The molecule has 2 aliphatic rings. The highest BCUT2D eigenvalue weighted by Gasteiger charge is 2.29. The summed E-state index contributed by atoms with van der Waals surface area (Å²) in [4.78, 5) is 14.8. The minimum Gasteiger partial charge on any atom is -0.497 e. The summed E-state index contributed by atoms with van der Waals surface area (Å²) in [6.45, 7) is 2.06. The van der Waals surface area contributed by atoms with E-state index >= 15 is 0 Å². The summed E-state index contributed by atoms with van der Waals surface area (Å²) in [5.41, 5.74) is 2.59. The van der Waals surface area contributed by atoms with E-state index in [0.29, 0.717) is 30.1 Å². The monoisotopic (exact) mass is 442 g/mol. The second-order valence-electron chi connectivity index (χ2n) is 8.41. The zero-order valence-corrected chi connectivity index (χ0v) is 18.8. The van der Waals surface area contributed by atoms with Crippen LogP contribution >= 0.6 is 0 Å². The molecule has 7 heteroatoms. The van der Waals surface area contributed by atoms with Crippen molar-refractivity contribution in [1.82, 2.24) is 4.90 Å². The number of anilines is 1. The highest BCUT2D eigenvalue weighted by molar-refractivity contribution is 7.93. The number of aryl methyl sites for hydroxylation is 1. The number of ether oxygens (including phenoxy) is 1. The lowest BCUT2D eigenvalue weighted by Gasteiger charge is -2.32. The highest BCUT2D eigenvalue weighted by Crippen LogP contribution is 2.27. The molecule has 0 aliphatic carbocycles. The first kappa shape index (κ1) is 21.7. The molecule has 2 fully saturated rings. The first-order chi connectivity index (χ1) is 15.0. The third-order valence-corrected chi connectivity index (χ3v) is 8.27. The Labute approximate surface area is 184 Å². The molecule has 0 aromatic heterocycles. The van der Waals surface area contributed by atoms with Gasteiger partial charge in [-0.2, -0.15) is 0 Å². The normalized spacial score (nSPS) is 18.9. The van der Waals surface area contributed by atoms with Crippen LogP contribution in [0.15, 0.2) is 48.5 Å². The van der Waals surface area contributed by atoms with E-state index in [0.717, 1.165) is 44.5 Å². The number of benzene rings is 2. The molecule has 31 heavy (non-hydrogen) atoms. The van der Waals surface area contributed by atoms with Gasteiger partial charge in [0.05, 0.1) is 18.6 Å². The number of sulfonamides is 1. The van der Waals surface area contributed by atoms with Crippen LogP contribution in [0.1, 0.15) is 41.6 Å². The summed E-state index contributed by atoms with van der Waals surface area (Å²) in [6, 6.07) is 15.2. The minimum absolute atomic E-state index is 0.0319. The fraction of sp³-hybridized carbons (Fsp3) is 0.458. The smallest absolute Gasteiger partial charge is 0.253 e. The number of carbonyl (C=O) groups excluding carboxylic acids is 1. The molecule has 166 valence electrons. The van der Waals surface area contributed by atoms with Gasteiger partial charge in [0.2, 0.25) is 10.0 Å². The number of carbonyl (C=O) groups is 1. The first-order valence-electron chi connectivity index (χ1n) is 11.0. The Hall–Kier alpha value is -2.54. The Morgan fingerprint density at radius 2 is 1.68 bits per heavy atom. The third kappa shape index (κ3) is 5.03. The molecule has 1 amide bonds. The summed E-state index contributed by atoms with van der Waals surface area (Å²) in [5, 5.41) is 0. The van der Waals surface area contributed by atoms with Gasteiger partial charge in [0.25, 0.3) is 5.91 Å². The lowest BCUT2D eigenvalue weighted by molar-refractivity contribution is 0.0687. The Bertz CT molecular complexity index is 995. The maximum Gasteiger partial charge on any atom is 0.253 e. The molecule has 6 nitrogen and oxygen atoms in total. The lowest BCUT2D eigenvalue weighted by Crippen LogP contribution is -2.38. The molecule has 0 saturated carbocycles. The van der Waals surface area contributed by atoms with Crippen LogP contribution in [0.25, 0.3) is 0 Å². The molecule has 0 N–H and O–H groups in total. The van der Waals surface area contributed by atoms with Crippen molar-refractivity contribution in [2.75, 3.05) is 36.8 Å². The summed E-state index contributed by atoms with van der Waals surface area (Å²) in [6.07, 6.45) is 4.87. The minimum atomic E-state index is -3.20. The van der Waals surface area contributed by atoms with Gasteiger partial charge >= 0.3 is 0 Å². The number of hydrogen-bond acceptors (Lipinski definition) is 4. The number of nitrogens with zero attached hydrogens (tertiary/aromatic N) is 2. The topological polar surface area (TPSA) is 66.9 Å². The summed E-state index contributed by atoms with van der Waals surface area (Å²) in [7, 11) is -1.52. The maximum absolute atomic E-state index is 12.9. The van der Waals surface area contributed by atoms with Crippen LogP contribution in [0.5, 0.6) is 5.75 Å². The molecule has 2 aromatic carbocycles. The number of rotatable bonds is 6. The predicted octanol–water partition coefficient (Wildman–Crippen LogP) is 3.72. The Kier molecular flexibility index (Phi) is 6.51. The van der Waals surface area contributed by atoms with Crippen molar-refractivity contribution in [3.63, 3.8) is 0 Å². The van der Waals surface area contributed by atoms with Crippen LogP contribution in [0.3, 0.4) is 0 Å². The van der Waals surface area contributed by atoms with Crippen molar-refractivity contribution in [3.8, 4) is 5.75 Å². The average Bonchev–Trinajstić information content (AvgIpc) is 3.17. The van der Waals surface area contributed by atoms with Crippen LogP contribution in [0, 0.1) is 5.92 Å². The second kappa shape index (κ2) is 9.30. The molecule has 0 radical (unpaired) electrons. The molecule has 0 spiro atoms. The van der Waals surface area contributed by atoms with Gasteiger partial charge in [-0.25, -0.2) is 8.42 Å². The van der Waals surface area contributed by atoms with Gasteiger partial charge in [0, 0.05) is 25.2 Å². The summed E-state index contributed by atoms with van der Waals surface area (Å²) < 4.78 is 30.8. The maximum atomic E-state index is 12.9. The molecule has 0 atom stereocenters. The van der Waals surface area contributed by atoms with Gasteiger partial charge in [0.15, 0.2) is 0 Å². The van der Waals surface area contributed by atoms with Crippen LogP contribution in [-0.2, 0) is 16.4 Å². The highest BCUT2D eigenvalue weighted by atomic mass is 32.2. The Balaban J connectivity index is 1.28. The van der Waals surface area contributed by atoms with Crippen LogP contribution in [0.2, 0.25) is 0 Å². The van der Waals surface area contributed by atoms with Gasteiger partial charge in [-0.15, -0.1) is 0 Å². The Morgan fingerprint density at radius 3 is 2.26 bits per heavy atom. The molecule has 4 rings (SSSR count). The number of methoxy groups -OCH3 is 1. The van der Waals surface area contributed by atoms with E-state index in [4.69, 9.17) is 4.74 Å². The largest absolute Gasteiger partial charge is 0.497 e. The molecule has 2 saturated heterocycles. The zero-order chi connectivity index (χ0) is 21.8. The van der Waals surface area contributed by atoms with E-state index in [-0.39, 0.29) is 11.7 Å². The van der Waals surface area contributed by atoms with Gasteiger partial charge in [-0.1, -0.05) is 12.1 Å². The third-order valence-electron chi connectivity index (χ3n) is 6.40. The molecule has 0 unspecified atom stereocenters. The molecule has 2 heterocycles. The van der Waals surface area contributed by atoms with Crippen molar-refractivity contribution in [2.45, 2.75) is 32.1 Å². The van der Waals surface area contributed by atoms with E-state index in [1.165, 1.54) is 9.87 Å². The standard InChI is InChI=1S/C24H30N2O4S/c1-30-23-11-5-19(6-12-23)3-4-20-13-16-25(17-14-20)24(27)21-7-9-22(10-8-21)26-15-2-18-31(26,28)29/h5-12,20H,2-4,13-18H2,1H3. The van der Waals surface area contributed by atoms with Crippen molar-refractivity contribution < 1.29 is 17.9 Å². The lowest BCUT2D eigenvalue weighted by atomic mass is 9.90. The van der Waals surface area contributed by atoms with Gasteiger partial charge < -0.3 is 9.64 Å². The van der Waals surface area contributed by atoms with E-state index in [2.05, 4.69) is 12.1 Å². The van der Waals surface area contributed by atoms with Crippen molar-refractivity contribution in [2.24, 2.45) is 5.92 Å². The number of piperidine rings is 1. The molecule has 2 aliphatic heterocycles. The van der Waals surface area contributed by atoms with E-state index in [9.17, 15) is 13.2 Å².